The van der Waals surface area contributed by atoms with E-state index in [9.17, 15) is 0 Å². The van der Waals surface area contributed by atoms with Crippen molar-refractivity contribution in [1.82, 2.24) is 10.2 Å². The van der Waals surface area contributed by atoms with Gasteiger partial charge < -0.3 is 19.7 Å². The Balaban J connectivity index is 1.62. The summed E-state index contributed by atoms with van der Waals surface area (Å²) in [4.78, 5) is 7.24. The van der Waals surface area contributed by atoms with Crippen LogP contribution in [0.25, 0.3) is 0 Å². The summed E-state index contributed by atoms with van der Waals surface area (Å²) >= 11 is 0. The molecule has 0 radical (unpaired) electrons. The Bertz CT molecular complexity index is 543. The third-order valence-electron chi connectivity index (χ3n) is 4.99. The van der Waals surface area contributed by atoms with Crippen molar-refractivity contribution in [1.29, 1.82) is 0 Å². The van der Waals surface area contributed by atoms with E-state index in [2.05, 4.69) is 54.4 Å². The Morgan fingerprint density at radius 2 is 2.04 bits per heavy atom. The number of nitrogens with zero attached hydrogens (tertiary/aromatic N) is 2. The molecule has 5 heteroatoms. The molecular formula is C20H31N3O2. The minimum Gasteiger partial charge on any atom is -0.375 e. The number of benzene rings is 1. The lowest BCUT2D eigenvalue weighted by molar-refractivity contribution is -0.0817. The van der Waals surface area contributed by atoms with Crippen molar-refractivity contribution in [2.45, 2.75) is 44.8 Å². The van der Waals surface area contributed by atoms with E-state index < -0.39 is 0 Å². The third kappa shape index (κ3) is 4.95. The van der Waals surface area contributed by atoms with Gasteiger partial charge in [-0.2, -0.15) is 0 Å². The number of hydrogen-bond acceptors (Lipinski definition) is 3. The third-order valence-corrected chi connectivity index (χ3v) is 4.99. The molecule has 1 N–H and O–H groups in total. The van der Waals surface area contributed by atoms with Gasteiger partial charge in [-0.15, -0.1) is 0 Å². The number of nitrogens with one attached hydrogen (secondary N) is 1. The van der Waals surface area contributed by atoms with E-state index in [1.807, 2.05) is 0 Å². The maximum absolute atomic E-state index is 5.97. The van der Waals surface area contributed by atoms with Gasteiger partial charge in [-0.1, -0.05) is 37.3 Å². The predicted octanol–water partition coefficient (Wildman–Crippen LogP) is 2.64. The van der Waals surface area contributed by atoms with E-state index in [4.69, 9.17) is 14.5 Å². The molecule has 2 fully saturated rings. The number of morpholine rings is 1. The van der Waals surface area contributed by atoms with Crippen LogP contribution in [0.4, 0.5) is 0 Å². The van der Waals surface area contributed by atoms with Crippen molar-refractivity contribution in [3.8, 4) is 0 Å². The van der Waals surface area contributed by atoms with Gasteiger partial charge in [0, 0.05) is 38.7 Å². The van der Waals surface area contributed by atoms with E-state index in [0.717, 1.165) is 58.2 Å². The fourth-order valence-corrected chi connectivity index (χ4v) is 3.52. The Hall–Kier alpha value is -1.59. The van der Waals surface area contributed by atoms with Crippen molar-refractivity contribution < 1.29 is 9.47 Å². The molecule has 25 heavy (non-hydrogen) atoms. The average Bonchev–Trinajstić information content (AvgIpc) is 3.20. The van der Waals surface area contributed by atoms with Crippen LogP contribution in [0, 0.1) is 0 Å². The topological polar surface area (TPSA) is 46.1 Å². The van der Waals surface area contributed by atoms with Crippen LogP contribution in [-0.4, -0.2) is 62.5 Å². The van der Waals surface area contributed by atoms with Crippen molar-refractivity contribution in [3.05, 3.63) is 35.9 Å². The summed E-state index contributed by atoms with van der Waals surface area (Å²) in [5.74, 6) is 1.40. The van der Waals surface area contributed by atoms with Gasteiger partial charge in [0.25, 0.3) is 0 Å². The van der Waals surface area contributed by atoms with E-state index in [-0.39, 0.29) is 12.2 Å². The van der Waals surface area contributed by atoms with Gasteiger partial charge in [0.1, 0.15) is 6.10 Å². The summed E-state index contributed by atoms with van der Waals surface area (Å²) < 4.78 is 11.8. The molecule has 5 nitrogen and oxygen atoms in total. The number of rotatable bonds is 5. The van der Waals surface area contributed by atoms with Crippen LogP contribution in [-0.2, 0) is 9.47 Å². The maximum Gasteiger partial charge on any atom is 0.194 e. The summed E-state index contributed by atoms with van der Waals surface area (Å²) in [5.41, 5.74) is 1.33. The van der Waals surface area contributed by atoms with Crippen molar-refractivity contribution in [3.63, 3.8) is 0 Å². The lowest BCUT2D eigenvalue weighted by Crippen LogP contribution is -2.53. The Morgan fingerprint density at radius 3 is 2.76 bits per heavy atom. The number of hydrogen-bond donors (Lipinski definition) is 1. The van der Waals surface area contributed by atoms with Crippen LogP contribution in [0.3, 0.4) is 0 Å². The summed E-state index contributed by atoms with van der Waals surface area (Å²) in [6.45, 7) is 9.36. The minimum atomic E-state index is 0.159. The average molecular weight is 345 g/mol. The lowest BCUT2D eigenvalue weighted by atomic mass is 10.0. The molecule has 0 saturated carbocycles. The van der Waals surface area contributed by atoms with Gasteiger partial charge in [-0.3, -0.25) is 4.99 Å². The molecule has 3 rings (SSSR count). The maximum atomic E-state index is 5.97. The number of ether oxygens (including phenoxy) is 2. The van der Waals surface area contributed by atoms with Gasteiger partial charge >= 0.3 is 0 Å². The highest BCUT2D eigenvalue weighted by molar-refractivity contribution is 5.80. The monoisotopic (exact) mass is 345 g/mol. The highest BCUT2D eigenvalue weighted by atomic mass is 16.5. The zero-order chi connectivity index (χ0) is 17.5. The summed E-state index contributed by atoms with van der Waals surface area (Å²) in [5, 5.41) is 3.45. The second-order valence-electron chi connectivity index (χ2n) is 6.91. The summed E-state index contributed by atoms with van der Waals surface area (Å²) in [7, 11) is 0. The summed E-state index contributed by atoms with van der Waals surface area (Å²) in [6.07, 6.45) is 2.66. The van der Waals surface area contributed by atoms with E-state index in [0.29, 0.717) is 5.92 Å². The van der Waals surface area contributed by atoms with Crippen LogP contribution >= 0.6 is 0 Å². The van der Waals surface area contributed by atoms with Crippen molar-refractivity contribution in [2.24, 2.45) is 4.99 Å². The first-order valence-corrected chi connectivity index (χ1v) is 9.59. The largest absolute Gasteiger partial charge is 0.375 e. The van der Waals surface area contributed by atoms with Crippen LogP contribution < -0.4 is 5.32 Å². The standard InChI is InChI=1S/C20H31N3O2/c1-3-21-20(22-14-16(2)17-8-5-4-6-9-17)23-11-13-25-19(15-23)18-10-7-12-24-18/h4-6,8-9,16,18-19H,3,7,10-15H2,1-2H3,(H,21,22). The Morgan fingerprint density at radius 1 is 1.24 bits per heavy atom. The molecule has 0 spiro atoms. The first-order chi connectivity index (χ1) is 12.3. The highest BCUT2D eigenvalue weighted by Gasteiger charge is 2.32. The van der Waals surface area contributed by atoms with Gasteiger partial charge in [0.15, 0.2) is 5.96 Å². The lowest BCUT2D eigenvalue weighted by Gasteiger charge is -2.37. The quantitative estimate of drug-likeness (QED) is 0.658. The molecule has 2 aliphatic rings. The molecule has 0 amide bonds. The molecule has 138 valence electrons. The zero-order valence-electron chi connectivity index (χ0n) is 15.5. The fourth-order valence-electron chi connectivity index (χ4n) is 3.52. The smallest absolute Gasteiger partial charge is 0.194 e. The van der Waals surface area contributed by atoms with E-state index in [1.54, 1.807) is 0 Å². The van der Waals surface area contributed by atoms with E-state index >= 15 is 0 Å². The molecule has 0 aliphatic carbocycles. The van der Waals surface area contributed by atoms with Gasteiger partial charge in [0.2, 0.25) is 0 Å². The molecule has 1 aromatic carbocycles. The predicted molar refractivity (Wildman–Crippen MR) is 101 cm³/mol. The second kappa shape index (κ2) is 9.20. The Labute approximate surface area is 151 Å². The first kappa shape index (κ1) is 18.2. The molecular weight excluding hydrogens is 314 g/mol. The molecule has 3 atom stereocenters. The van der Waals surface area contributed by atoms with Crippen LogP contribution in [0.5, 0.6) is 0 Å². The number of guanidine groups is 1. The molecule has 2 heterocycles. The van der Waals surface area contributed by atoms with Crippen LogP contribution in [0.2, 0.25) is 0 Å². The number of aliphatic imine (C=N–C) groups is 1. The zero-order valence-corrected chi connectivity index (χ0v) is 15.5. The van der Waals surface area contributed by atoms with Crippen LogP contribution in [0.1, 0.15) is 38.2 Å². The Kier molecular flexibility index (Phi) is 6.70. The molecule has 0 bridgehead atoms. The fraction of sp³-hybridized carbons (Fsp3) is 0.650. The molecule has 0 aromatic heterocycles. The normalized spacial score (nSPS) is 25.8. The van der Waals surface area contributed by atoms with Gasteiger partial charge in [0.05, 0.1) is 12.7 Å². The second-order valence-corrected chi connectivity index (χ2v) is 6.91. The van der Waals surface area contributed by atoms with Gasteiger partial charge in [-0.05, 0) is 25.3 Å². The van der Waals surface area contributed by atoms with Crippen molar-refractivity contribution >= 4 is 5.96 Å². The molecule has 1 aromatic rings. The highest BCUT2D eigenvalue weighted by Crippen LogP contribution is 2.21. The molecule has 2 saturated heterocycles. The van der Waals surface area contributed by atoms with Crippen molar-refractivity contribution in [2.75, 3.05) is 39.4 Å². The van der Waals surface area contributed by atoms with E-state index in [1.165, 1.54) is 5.56 Å². The van der Waals surface area contributed by atoms with Gasteiger partial charge in [-0.25, -0.2) is 0 Å². The summed E-state index contributed by atoms with van der Waals surface area (Å²) in [6, 6.07) is 10.6. The van der Waals surface area contributed by atoms with Crippen LogP contribution in [0.15, 0.2) is 35.3 Å². The molecule has 2 aliphatic heterocycles. The first-order valence-electron chi connectivity index (χ1n) is 9.59. The SMILES string of the molecule is CCNC(=NCC(C)c1ccccc1)N1CCOC(C2CCCO2)C1. The molecule has 3 unspecified atom stereocenters. The minimum absolute atomic E-state index is 0.159.